The number of nitrogens with zero attached hydrogens (tertiary/aromatic N) is 1. The van der Waals surface area contributed by atoms with E-state index in [9.17, 15) is 5.11 Å². The first-order valence-corrected chi connectivity index (χ1v) is 10.3. The van der Waals surface area contributed by atoms with E-state index >= 15 is 0 Å². The van der Waals surface area contributed by atoms with Crippen LogP contribution >= 0.6 is 0 Å². The van der Waals surface area contributed by atoms with Crippen molar-refractivity contribution in [2.45, 2.75) is 31.5 Å². The minimum Gasteiger partial charge on any atom is -0.486 e. The lowest BCUT2D eigenvalue weighted by Gasteiger charge is -2.29. The molecule has 2 aromatic carbocycles. The number of aliphatic hydroxyl groups excluding tert-OH is 2. The van der Waals surface area contributed by atoms with E-state index < -0.39 is 6.10 Å². The number of fused-ring (bicyclic) bond motifs is 1. The first-order chi connectivity index (χ1) is 14.3. The number of hydrogen-bond donors (Lipinski definition) is 3. The van der Waals surface area contributed by atoms with Gasteiger partial charge in [0.2, 0.25) is 0 Å². The Morgan fingerprint density at radius 2 is 1.66 bits per heavy atom. The maximum Gasteiger partial charge on any atom is 0.161 e. The molecule has 6 nitrogen and oxygen atoms in total. The fourth-order valence-electron chi connectivity index (χ4n) is 3.84. The molecule has 2 atom stereocenters. The first kappa shape index (κ1) is 21.6. The Kier molecular flexibility index (Phi) is 8.31. The van der Waals surface area contributed by atoms with Gasteiger partial charge in [-0.3, -0.25) is 0 Å². The summed E-state index contributed by atoms with van der Waals surface area (Å²) in [5, 5.41) is 21.7. The zero-order chi connectivity index (χ0) is 20.5. The van der Waals surface area contributed by atoms with Crippen LogP contribution in [0.2, 0.25) is 0 Å². The van der Waals surface area contributed by atoms with Crippen molar-refractivity contribution in [3.63, 3.8) is 0 Å². The topological polar surface area (TPSA) is 74.2 Å². The van der Waals surface area contributed by atoms with Crippen molar-refractivity contribution in [2.24, 2.45) is 0 Å². The summed E-state index contributed by atoms with van der Waals surface area (Å²) in [7, 11) is 1.00. The highest BCUT2D eigenvalue weighted by Gasteiger charge is 2.26. The SMILES string of the molecule is CO.OC(c1ccc2c(c1)OCCO2)C(CN1CCCC1)NCc1ccccc1. The van der Waals surface area contributed by atoms with Crippen LogP contribution in [0.3, 0.4) is 0 Å². The molecule has 0 aromatic heterocycles. The van der Waals surface area contributed by atoms with Gasteiger partial charge in [-0.05, 0) is 49.2 Å². The molecule has 0 aliphatic carbocycles. The monoisotopic (exact) mass is 400 g/mol. The number of nitrogens with one attached hydrogen (secondary N) is 1. The zero-order valence-corrected chi connectivity index (χ0v) is 17.1. The van der Waals surface area contributed by atoms with Gasteiger partial charge in [-0.2, -0.15) is 0 Å². The number of hydrogen-bond acceptors (Lipinski definition) is 6. The van der Waals surface area contributed by atoms with Gasteiger partial charge in [0.25, 0.3) is 0 Å². The Labute approximate surface area is 173 Å². The van der Waals surface area contributed by atoms with E-state index in [0.717, 1.165) is 50.4 Å². The molecule has 158 valence electrons. The standard InChI is InChI=1S/C22H28N2O3.CH4O/c25-22(18-8-9-20-21(14-18)27-13-12-26-20)19(16-24-10-4-5-11-24)23-15-17-6-2-1-3-7-17;1-2/h1-3,6-9,14,19,22-23,25H,4-5,10-13,15-16H2;2H,1H3. The number of likely N-dealkylation sites (tertiary alicyclic amines) is 1. The molecular formula is C23H32N2O4. The van der Waals surface area contributed by atoms with Crippen LogP contribution in [0.15, 0.2) is 48.5 Å². The van der Waals surface area contributed by atoms with Crippen molar-refractivity contribution >= 4 is 0 Å². The summed E-state index contributed by atoms with van der Waals surface area (Å²) in [4.78, 5) is 2.43. The maximum atomic E-state index is 11.1. The Morgan fingerprint density at radius 1 is 0.966 bits per heavy atom. The lowest BCUT2D eigenvalue weighted by Crippen LogP contribution is -2.43. The lowest BCUT2D eigenvalue weighted by molar-refractivity contribution is 0.104. The summed E-state index contributed by atoms with van der Waals surface area (Å²) in [6, 6.07) is 16.0. The van der Waals surface area contributed by atoms with E-state index in [0.29, 0.717) is 13.2 Å². The molecular weight excluding hydrogens is 368 g/mol. The van der Waals surface area contributed by atoms with Gasteiger partial charge in [-0.15, -0.1) is 0 Å². The van der Waals surface area contributed by atoms with Gasteiger partial charge in [-0.25, -0.2) is 0 Å². The van der Waals surface area contributed by atoms with Gasteiger partial charge in [0.1, 0.15) is 13.2 Å². The molecule has 2 aromatic rings. The predicted molar refractivity (Wildman–Crippen MR) is 113 cm³/mol. The average Bonchev–Trinajstić information content (AvgIpc) is 3.31. The van der Waals surface area contributed by atoms with Crippen molar-refractivity contribution in [3.05, 3.63) is 59.7 Å². The van der Waals surface area contributed by atoms with Gasteiger partial charge in [0.15, 0.2) is 11.5 Å². The van der Waals surface area contributed by atoms with E-state index in [1.54, 1.807) is 0 Å². The summed E-state index contributed by atoms with van der Waals surface area (Å²) in [5.41, 5.74) is 2.09. The van der Waals surface area contributed by atoms with E-state index in [1.807, 2.05) is 36.4 Å². The normalized spacial score (nSPS) is 17.9. The number of ether oxygens (including phenoxy) is 2. The molecule has 29 heavy (non-hydrogen) atoms. The predicted octanol–water partition coefficient (Wildman–Crippen LogP) is 2.35. The maximum absolute atomic E-state index is 11.1. The fourth-order valence-corrected chi connectivity index (χ4v) is 3.84. The molecule has 1 fully saturated rings. The van der Waals surface area contributed by atoms with Crippen LogP contribution in [-0.2, 0) is 6.54 Å². The summed E-state index contributed by atoms with van der Waals surface area (Å²) in [6.45, 7) is 4.92. The Morgan fingerprint density at radius 3 is 2.38 bits per heavy atom. The van der Waals surface area contributed by atoms with Crippen molar-refractivity contribution in [3.8, 4) is 11.5 Å². The summed E-state index contributed by atoms with van der Waals surface area (Å²) in [5.74, 6) is 1.48. The Bertz CT molecular complexity index is 735. The highest BCUT2D eigenvalue weighted by molar-refractivity contribution is 5.44. The van der Waals surface area contributed by atoms with Crippen LogP contribution in [0.4, 0.5) is 0 Å². The van der Waals surface area contributed by atoms with Gasteiger partial charge in [-0.1, -0.05) is 36.4 Å². The molecule has 0 spiro atoms. The van der Waals surface area contributed by atoms with Crippen molar-refractivity contribution < 1.29 is 19.7 Å². The molecule has 3 N–H and O–H groups in total. The van der Waals surface area contributed by atoms with E-state index in [-0.39, 0.29) is 6.04 Å². The largest absolute Gasteiger partial charge is 0.486 e. The highest BCUT2D eigenvalue weighted by atomic mass is 16.6. The van der Waals surface area contributed by atoms with Crippen LogP contribution in [0.5, 0.6) is 11.5 Å². The Balaban J connectivity index is 0.00000117. The van der Waals surface area contributed by atoms with Crippen LogP contribution < -0.4 is 14.8 Å². The van der Waals surface area contributed by atoms with Gasteiger partial charge >= 0.3 is 0 Å². The molecule has 2 aliphatic heterocycles. The second kappa shape index (κ2) is 11.2. The van der Waals surface area contributed by atoms with Crippen LogP contribution in [0.25, 0.3) is 0 Å². The molecule has 6 heteroatoms. The smallest absolute Gasteiger partial charge is 0.161 e. The molecule has 2 aliphatic rings. The quantitative estimate of drug-likeness (QED) is 0.663. The molecule has 0 radical (unpaired) electrons. The second-order valence-corrected chi connectivity index (χ2v) is 7.33. The van der Waals surface area contributed by atoms with Crippen LogP contribution in [0.1, 0.15) is 30.1 Å². The average molecular weight is 401 g/mol. The minimum absolute atomic E-state index is 0.0501. The summed E-state index contributed by atoms with van der Waals surface area (Å²) in [6.07, 6.45) is 1.88. The van der Waals surface area contributed by atoms with Gasteiger partial charge < -0.3 is 29.9 Å². The molecule has 2 unspecified atom stereocenters. The summed E-state index contributed by atoms with van der Waals surface area (Å²) >= 11 is 0. The number of benzene rings is 2. The highest BCUT2D eigenvalue weighted by Crippen LogP contribution is 2.33. The van der Waals surface area contributed by atoms with E-state index in [1.165, 1.54) is 18.4 Å². The molecule has 4 rings (SSSR count). The van der Waals surface area contributed by atoms with Crippen molar-refractivity contribution in [1.82, 2.24) is 10.2 Å². The van der Waals surface area contributed by atoms with Crippen molar-refractivity contribution in [2.75, 3.05) is 40.0 Å². The fraction of sp³-hybridized carbons (Fsp3) is 0.478. The van der Waals surface area contributed by atoms with E-state index in [4.69, 9.17) is 14.6 Å². The van der Waals surface area contributed by atoms with Crippen molar-refractivity contribution in [1.29, 1.82) is 0 Å². The minimum atomic E-state index is -0.606. The van der Waals surface area contributed by atoms with E-state index in [2.05, 4.69) is 22.3 Å². The number of rotatable bonds is 7. The third-order valence-corrected chi connectivity index (χ3v) is 5.35. The molecule has 0 saturated carbocycles. The first-order valence-electron chi connectivity index (χ1n) is 10.3. The third-order valence-electron chi connectivity index (χ3n) is 5.35. The second-order valence-electron chi connectivity index (χ2n) is 7.33. The molecule has 0 amide bonds. The molecule has 1 saturated heterocycles. The Hall–Kier alpha value is -2.12. The van der Waals surface area contributed by atoms with Crippen LogP contribution in [0, 0.1) is 0 Å². The van der Waals surface area contributed by atoms with Crippen LogP contribution in [-0.4, -0.2) is 61.1 Å². The summed E-state index contributed by atoms with van der Waals surface area (Å²) < 4.78 is 11.3. The number of aliphatic hydroxyl groups is 2. The van der Waals surface area contributed by atoms with Gasteiger partial charge in [0.05, 0.1) is 12.1 Å². The third kappa shape index (κ3) is 5.93. The zero-order valence-electron chi connectivity index (χ0n) is 17.1. The molecule has 2 heterocycles. The molecule has 0 bridgehead atoms. The van der Waals surface area contributed by atoms with Gasteiger partial charge in [0, 0.05) is 20.2 Å². The lowest BCUT2D eigenvalue weighted by atomic mass is 10.0.